The van der Waals surface area contributed by atoms with E-state index in [1.54, 1.807) is 24.3 Å². The summed E-state index contributed by atoms with van der Waals surface area (Å²) in [5.41, 5.74) is 2.93. The number of hydrogen-bond acceptors (Lipinski definition) is 4. The highest BCUT2D eigenvalue weighted by atomic mass is 79.9. The third kappa shape index (κ3) is 4.82. The number of anilines is 1. The van der Waals surface area contributed by atoms with Crippen LogP contribution >= 0.6 is 15.9 Å². The molecule has 132 valence electrons. The van der Waals surface area contributed by atoms with Gasteiger partial charge in [0.2, 0.25) is 0 Å². The molecule has 0 spiro atoms. The minimum absolute atomic E-state index is 0.332. The summed E-state index contributed by atoms with van der Waals surface area (Å²) in [6.45, 7) is 5.36. The molecule has 2 aromatic carbocycles. The molecule has 5 nitrogen and oxygen atoms in total. The molecule has 0 aliphatic rings. The van der Waals surface area contributed by atoms with Gasteiger partial charge in [-0.05, 0) is 72.1 Å². The van der Waals surface area contributed by atoms with E-state index in [4.69, 9.17) is 9.47 Å². The Morgan fingerprint density at radius 2 is 1.84 bits per heavy atom. The Labute approximate surface area is 155 Å². The van der Waals surface area contributed by atoms with Crippen molar-refractivity contribution in [1.29, 1.82) is 0 Å². The molecule has 1 atom stereocenters. The van der Waals surface area contributed by atoms with Gasteiger partial charge in [-0.3, -0.25) is 4.79 Å². The van der Waals surface area contributed by atoms with Crippen molar-refractivity contribution in [1.82, 2.24) is 0 Å². The van der Waals surface area contributed by atoms with Crippen molar-refractivity contribution < 1.29 is 19.1 Å². The smallest absolute Gasteiger partial charge is 0.339 e. The third-order valence-corrected chi connectivity index (χ3v) is 4.34. The van der Waals surface area contributed by atoms with E-state index >= 15 is 0 Å². The second-order valence-corrected chi connectivity index (χ2v) is 6.56. The number of aryl methyl sites for hydroxylation is 2. The largest absolute Gasteiger partial charge is 0.496 e. The fourth-order valence-electron chi connectivity index (χ4n) is 2.18. The maximum absolute atomic E-state index is 12.3. The summed E-state index contributed by atoms with van der Waals surface area (Å²) in [7, 11) is 1.53. The average molecular weight is 406 g/mol. The van der Waals surface area contributed by atoms with Gasteiger partial charge in [0.1, 0.15) is 5.75 Å². The van der Waals surface area contributed by atoms with Crippen LogP contribution in [0.1, 0.15) is 28.4 Å². The highest BCUT2D eigenvalue weighted by molar-refractivity contribution is 9.10. The third-order valence-electron chi connectivity index (χ3n) is 3.68. The van der Waals surface area contributed by atoms with E-state index in [2.05, 4.69) is 21.2 Å². The van der Waals surface area contributed by atoms with Gasteiger partial charge in [0.15, 0.2) is 6.10 Å². The first-order valence-corrected chi connectivity index (χ1v) is 8.53. The number of nitrogens with one attached hydrogen (secondary N) is 1. The summed E-state index contributed by atoms with van der Waals surface area (Å²) in [5, 5.41) is 2.74. The zero-order chi connectivity index (χ0) is 18.6. The van der Waals surface area contributed by atoms with E-state index in [1.165, 1.54) is 14.0 Å². The lowest BCUT2D eigenvalue weighted by atomic mass is 10.1. The number of hydrogen-bond donors (Lipinski definition) is 1. The molecule has 2 rings (SSSR count). The predicted octanol–water partition coefficient (Wildman–Crippen LogP) is 4.26. The van der Waals surface area contributed by atoms with Gasteiger partial charge in [0, 0.05) is 4.47 Å². The number of benzene rings is 2. The highest BCUT2D eigenvalue weighted by Gasteiger charge is 2.20. The molecule has 0 aliphatic carbocycles. The first-order valence-electron chi connectivity index (χ1n) is 7.74. The molecular weight excluding hydrogens is 386 g/mol. The van der Waals surface area contributed by atoms with Crippen molar-refractivity contribution in [3.8, 4) is 5.75 Å². The van der Waals surface area contributed by atoms with Crippen LogP contribution in [0.4, 0.5) is 5.69 Å². The predicted molar refractivity (Wildman–Crippen MR) is 100 cm³/mol. The molecule has 0 saturated heterocycles. The van der Waals surface area contributed by atoms with Crippen LogP contribution in [0.3, 0.4) is 0 Å². The molecule has 1 amide bonds. The maximum Gasteiger partial charge on any atom is 0.339 e. The van der Waals surface area contributed by atoms with Crippen molar-refractivity contribution >= 4 is 33.5 Å². The fraction of sp³-hybridized carbons (Fsp3) is 0.263. The molecule has 0 fully saturated rings. The fourth-order valence-corrected chi connectivity index (χ4v) is 2.78. The van der Waals surface area contributed by atoms with Gasteiger partial charge in [0.25, 0.3) is 5.91 Å². The van der Waals surface area contributed by atoms with Gasteiger partial charge in [-0.25, -0.2) is 4.79 Å². The number of amides is 1. The Balaban J connectivity index is 2.04. The lowest BCUT2D eigenvalue weighted by Crippen LogP contribution is -2.30. The molecule has 0 aromatic heterocycles. The molecule has 0 heterocycles. The Morgan fingerprint density at radius 1 is 1.12 bits per heavy atom. The molecule has 2 aromatic rings. The number of carbonyl (C=O) groups excluding carboxylic acids is 2. The van der Waals surface area contributed by atoms with Gasteiger partial charge in [-0.1, -0.05) is 12.1 Å². The topological polar surface area (TPSA) is 64.6 Å². The van der Waals surface area contributed by atoms with Gasteiger partial charge >= 0.3 is 5.97 Å². The van der Waals surface area contributed by atoms with E-state index in [0.717, 1.165) is 15.6 Å². The van der Waals surface area contributed by atoms with Crippen LogP contribution in [0.5, 0.6) is 5.75 Å². The molecule has 0 radical (unpaired) electrons. The lowest BCUT2D eigenvalue weighted by Gasteiger charge is -2.15. The van der Waals surface area contributed by atoms with Gasteiger partial charge in [-0.2, -0.15) is 0 Å². The molecule has 0 unspecified atom stereocenters. The molecule has 25 heavy (non-hydrogen) atoms. The Kier molecular flexibility index (Phi) is 6.20. The number of methoxy groups -OCH3 is 1. The number of rotatable bonds is 5. The van der Waals surface area contributed by atoms with E-state index < -0.39 is 18.0 Å². The zero-order valence-corrected chi connectivity index (χ0v) is 16.1. The molecule has 1 N–H and O–H groups in total. The first-order chi connectivity index (χ1) is 11.8. The van der Waals surface area contributed by atoms with Crippen LogP contribution in [0.25, 0.3) is 0 Å². The minimum atomic E-state index is -0.937. The van der Waals surface area contributed by atoms with Gasteiger partial charge in [0.05, 0.1) is 18.4 Å². The van der Waals surface area contributed by atoms with Crippen LogP contribution in [0.15, 0.2) is 40.9 Å². The molecule has 0 bridgehead atoms. The molecule has 0 saturated carbocycles. The van der Waals surface area contributed by atoms with Crippen LogP contribution < -0.4 is 10.1 Å². The summed E-state index contributed by atoms with van der Waals surface area (Å²) in [5.74, 6) is -0.393. The second-order valence-electron chi connectivity index (χ2n) is 5.70. The van der Waals surface area contributed by atoms with Crippen LogP contribution in [-0.4, -0.2) is 25.1 Å². The van der Waals surface area contributed by atoms with Crippen molar-refractivity contribution in [2.45, 2.75) is 26.9 Å². The number of ether oxygens (including phenoxy) is 2. The number of carbonyl (C=O) groups is 2. The van der Waals surface area contributed by atoms with E-state index in [9.17, 15) is 9.59 Å². The van der Waals surface area contributed by atoms with E-state index in [-0.39, 0.29) is 0 Å². The number of esters is 1. The van der Waals surface area contributed by atoms with Crippen LogP contribution in [-0.2, 0) is 9.53 Å². The standard InChI is InChI=1S/C19H20BrNO4/c1-11-5-8-16(15(20)9-11)21-18(22)13(3)25-19(23)14-7-6-12(2)17(10-14)24-4/h5-10,13H,1-4H3,(H,21,22)/t13-/m1/s1. The van der Waals surface area contributed by atoms with Crippen molar-refractivity contribution in [2.75, 3.05) is 12.4 Å². The van der Waals surface area contributed by atoms with E-state index in [1.807, 2.05) is 26.0 Å². The average Bonchev–Trinajstić information content (AvgIpc) is 2.57. The van der Waals surface area contributed by atoms with Crippen molar-refractivity contribution in [2.24, 2.45) is 0 Å². The zero-order valence-electron chi connectivity index (χ0n) is 14.6. The number of halogens is 1. The summed E-state index contributed by atoms with van der Waals surface area (Å²) in [4.78, 5) is 24.5. The second kappa shape index (κ2) is 8.16. The quantitative estimate of drug-likeness (QED) is 0.754. The molecule has 6 heteroatoms. The summed E-state index contributed by atoms with van der Waals surface area (Å²) < 4.78 is 11.2. The Bertz CT molecular complexity index is 804. The monoisotopic (exact) mass is 405 g/mol. The summed E-state index contributed by atoms with van der Waals surface area (Å²) in [6, 6.07) is 10.6. The normalized spacial score (nSPS) is 11.6. The van der Waals surface area contributed by atoms with Crippen molar-refractivity contribution in [3.05, 3.63) is 57.6 Å². The van der Waals surface area contributed by atoms with Crippen molar-refractivity contribution in [3.63, 3.8) is 0 Å². The summed E-state index contributed by atoms with van der Waals surface area (Å²) in [6.07, 6.45) is -0.937. The van der Waals surface area contributed by atoms with Gasteiger partial charge < -0.3 is 14.8 Å². The van der Waals surface area contributed by atoms with E-state index in [0.29, 0.717) is 17.0 Å². The molecular formula is C19H20BrNO4. The summed E-state index contributed by atoms with van der Waals surface area (Å²) >= 11 is 3.40. The van der Waals surface area contributed by atoms with Crippen LogP contribution in [0.2, 0.25) is 0 Å². The first kappa shape index (κ1) is 19.0. The molecule has 0 aliphatic heterocycles. The lowest BCUT2D eigenvalue weighted by molar-refractivity contribution is -0.123. The highest BCUT2D eigenvalue weighted by Crippen LogP contribution is 2.24. The SMILES string of the molecule is COc1cc(C(=O)O[C@H](C)C(=O)Nc2ccc(C)cc2Br)ccc1C. The maximum atomic E-state index is 12.3. The Hall–Kier alpha value is -2.34. The van der Waals surface area contributed by atoms with Crippen LogP contribution in [0, 0.1) is 13.8 Å². The van der Waals surface area contributed by atoms with Gasteiger partial charge in [-0.15, -0.1) is 0 Å². The Morgan fingerprint density at radius 3 is 2.48 bits per heavy atom. The minimum Gasteiger partial charge on any atom is -0.496 e.